The minimum absolute atomic E-state index is 0.126. The molecule has 3 heterocycles. The van der Waals surface area contributed by atoms with Gasteiger partial charge in [-0.05, 0) is 74.8 Å². The molecule has 2 aliphatic heterocycles. The van der Waals surface area contributed by atoms with Crippen LogP contribution < -0.4 is 10.6 Å². The first-order valence-electron chi connectivity index (χ1n) is 18.1. The Balaban J connectivity index is 1.27. The van der Waals surface area contributed by atoms with Gasteiger partial charge >= 0.3 is 6.09 Å². The zero-order chi connectivity index (χ0) is 37.6. The summed E-state index contributed by atoms with van der Waals surface area (Å²) in [7, 11) is 1.62. The molecule has 1 atom stereocenters. The van der Waals surface area contributed by atoms with E-state index >= 15 is 4.39 Å². The SMILES string of the molecule is COCCn1cc(C(=O)N2CCC(c3cc(CNC(=O)[C@@H](NC(=O)OC(C)(C)C)C(C)C)ccc3F)CC2)c2c(C(=O)N3CCOCC3)cccc21. The van der Waals surface area contributed by atoms with Gasteiger partial charge in [0.05, 0.1) is 25.4 Å². The van der Waals surface area contributed by atoms with Gasteiger partial charge in [0.2, 0.25) is 5.91 Å². The van der Waals surface area contributed by atoms with Crippen LogP contribution in [0, 0.1) is 11.7 Å². The quantitative estimate of drug-likeness (QED) is 0.282. The van der Waals surface area contributed by atoms with Gasteiger partial charge < -0.3 is 39.2 Å². The number of piperidine rings is 1. The number of hydrogen-bond donors (Lipinski definition) is 2. The van der Waals surface area contributed by atoms with E-state index in [1.54, 1.807) is 55.9 Å². The number of halogens is 1. The van der Waals surface area contributed by atoms with Gasteiger partial charge in [-0.25, -0.2) is 9.18 Å². The zero-order valence-electron chi connectivity index (χ0n) is 31.1. The Morgan fingerprint density at radius 2 is 1.63 bits per heavy atom. The van der Waals surface area contributed by atoms with Gasteiger partial charge in [0.15, 0.2) is 0 Å². The molecule has 0 radical (unpaired) electrons. The third-order valence-electron chi connectivity index (χ3n) is 9.57. The molecule has 2 saturated heterocycles. The molecule has 0 spiro atoms. The maximum atomic E-state index is 15.3. The van der Waals surface area contributed by atoms with E-state index in [9.17, 15) is 19.2 Å². The Bertz CT molecular complexity index is 1750. The van der Waals surface area contributed by atoms with Crippen molar-refractivity contribution in [1.29, 1.82) is 0 Å². The number of benzene rings is 2. The molecule has 52 heavy (non-hydrogen) atoms. The van der Waals surface area contributed by atoms with E-state index in [2.05, 4.69) is 10.6 Å². The lowest BCUT2D eigenvalue weighted by atomic mass is 9.88. The summed E-state index contributed by atoms with van der Waals surface area (Å²) < 4.78 is 33.3. The van der Waals surface area contributed by atoms with E-state index in [-0.39, 0.29) is 41.9 Å². The number of methoxy groups -OCH3 is 1. The number of nitrogens with zero attached hydrogens (tertiary/aromatic N) is 3. The van der Waals surface area contributed by atoms with E-state index in [0.717, 1.165) is 11.1 Å². The number of alkyl carbamates (subject to hydrolysis) is 1. The van der Waals surface area contributed by atoms with Crippen molar-refractivity contribution in [3.05, 3.63) is 70.7 Å². The van der Waals surface area contributed by atoms with E-state index in [1.165, 1.54) is 6.07 Å². The van der Waals surface area contributed by atoms with Crippen LogP contribution in [0.5, 0.6) is 0 Å². The normalized spacial score (nSPS) is 16.2. The number of fused-ring (bicyclic) bond motifs is 1. The summed E-state index contributed by atoms with van der Waals surface area (Å²) in [6, 6.07) is 9.56. The number of morpholine rings is 1. The highest BCUT2D eigenvalue weighted by atomic mass is 19.1. The number of carbonyl (C=O) groups is 4. The molecular formula is C39H52FN5O7. The van der Waals surface area contributed by atoms with E-state index in [1.807, 2.05) is 36.7 Å². The topological polar surface area (TPSA) is 131 Å². The summed E-state index contributed by atoms with van der Waals surface area (Å²) in [6.45, 7) is 12.8. The summed E-state index contributed by atoms with van der Waals surface area (Å²) in [6.07, 6.45) is 2.25. The number of amides is 4. The van der Waals surface area contributed by atoms with Crippen LogP contribution in [-0.4, -0.2) is 103 Å². The van der Waals surface area contributed by atoms with Crippen molar-refractivity contribution in [3.63, 3.8) is 0 Å². The number of ether oxygens (including phenoxy) is 3. The monoisotopic (exact) mass is 721 g/mol. The highest BCUT2D eigenvalue weighted by Crippen LogP contribution is 2.33. The van der Waals surface area contributed by atoms with Crippen molar-refractivity contribution in [2.45, 2.75) is 78.1 Å². The van der Waals surface area contributed by atoms with Crippen LogP contribution in [0.2, 0.25) is 0 Å². The lowest BCUT2D eigenvalue weighted by molar-refractivity contribution is -0.124. The van der Waals surface area contributed by atoms with Crippen LogP contribution in [0.3, 0.4) is 0 Å². The standard InChI is InChI=1S/C39H52FN5O7/c1-25(2)34(42-38(49)52-39(3,4)5)35(46)41-23-26-10-11-31(40)29(22-26)27-12-14-43(15-13-27)37(48)30-24-45(16-19-50-6)32-9-7-8-28(33(30)32)36(47)44-17-20-51-21-18-44/h7-11,22,24-25,27,34H,12-21,23H2,1-6H3,(H,41,46)(H,42,49)/t34-/m0/s1. The number of likely N-dealkylation sites (tertiary alicyclic amines) is 1. The van der Waals surface area contributed by atoms with E-state index in [0.29, 0.717) is 87.5 Å². The smallest absolute Gasteiger partial charge is 0.408 e. The number of hydrogen-bond acceptors (Lipinski definition) is 7. The van der Waals surface area contributed by atoms with E-state index in [4.69, 9.17) is 14.2 Å². The molecule has 13 heteroatoms. The molecule has 2 fully saturated rings. The molecule has 0 unspecified atom stereocenters. The Labute approximate surface area is 304 Å². The van der Waals surface area contributed by atoms with E-state index < -0.39 is 17.7 Å². The van der Waals surface area contributed by atoms with Crippen LogP contribution in [0.4, 0.5) is 9.18 Å². The molecule has 12 nitrogen and oxygen atoms in total. The number of nitrogens with one attached hydrogen (secondary N) is 2. The van der Waals surface area contributed by atoms with Crippen molar-refractivity contribution in [2.24, 2.45) is 5.92 Å². The summed E-state index contributed by atoms with van der Waals surface area (Å²) in [4.78, 5) is 56.9. The highest BCUT2D eigenvalue weighted by Gasteiger charge is 2.31. The fourth-order valence-electron chi connectivity index (χ4n) is 6.85. The Morgan fingerprint density at radius 1 is 0.962 bits per heavy atom. The Morgan fingerprint density at radius 3 is 2.29 bits per heavy atom. The third-order valence-corrected chi connectivity index (χ3v) is 9.57. The van der Waals surface area contributed by atoms with Crippen molar-refractivity contribution in [2.75, 3.05) is 53.1 Å². The second-order valence-corrected chi connectivity index (χ2v) is 14.8. The molecule has 3 aromatic rings. The lowest BCUT2D eigenvalue weighted by Crippen LogP contribution is -2.50. The van der Waals surface area contributed by atoms with Crippen molar-refractivity contribution in [1.82, 2.24) is 25.0 Å². The van der Waals surface area contributed by atoms with Gasteiger partial charge in [-0.2, -0.15) is 0 Å². The largest absolute Gasteiger partial charge is 0.444 e. The van der Waals surface area contributed by atoms with Crippen LogP contribution >= 0.6 is 0 Å². The predicted molar refractivity (Wildman–Crippen MR) is 195 cm³/mol. The summed E-state index contributed by atoms with van der Waals surface area (Å²) in [5.41, 5.74) is 2.31. The van der Waals surface area contributed by atoms with Gasteiger partial charge in [-0.3, -0.25) is 14.4 Å². The molecule has 0 aliphatic carbocycles. The summed E-state index contributed by atoms with van der Waals surface area (Å²) in [5.74, 6) is -1.31. The van der Waals surface area contributed by atoms with Gasteiger partial charge in [-0.15, -0.1) is 0 Å². The maximum Gasteiger partial charge on any atom is 0.408 e. The first-order chi connectivity index (χ1) is 24.8. The predicted octanol–water partition coefficient (Wildman–Crippen LogP) is 5.08. The van der Waals surface area contributed by atoms with Crippen molar-refractivity contribution < 1.29 is 37.8 Å². The zero-order valence-corrected chi connectivity index (χ0v) is 31.1. The van der Waals surface area contributed by atoms with Gasteiger partial charge in [0, 0.05) is 69.0 Å². The van der Waals surface area contributed by atoms with Crippen molar-refractivity contribution in [3.8, 4) is 0 Å². The first-order valence-corrected chi connectivity index (χ1v) is 18.1. The van der Waals surface area contributed by atoms with Gasteiger partial charge in [0.25, 0.3) is 11.8 Å². The molecule has 2 N–H and O–H groups in total. The molecule has 282 valence electrons. The molecule has 4 amide bonds. The first kappa shape index (κ1) is 38.7. The Kier molecular flexibility index (Phi) is 12.6. The van der Waals surface area contributed by atoms with Crippen LogP contribution in [0.1, 0.15) is 85.2 Å². The fraction of sp³-hybridized carbons (Fsp3) is 0.538. The van der Waals surface area contributed by atoms with Gasteiger partial charge in [0.1, 0.15) is 17.5 Å². The van der Waals surface area contributed by atoms with Crippen LogP contribution in [0.15, 0.2) is 42.6 Å². The molecule has 0 bridgehead atoms. The second kappa shape index (κ2) is 16.9. The molecule has 0 saturated carbocycles. The third kappa shape index (κ3) is 9.29. The second-order valence-electron chi connectivity index (χ2n) is 14.8. The Hall–Kier alpha value is -4.49. The maximum absolute atomic E-state index is 15.3. The molecule has 1 aromatic heterocycles. The lowest BCUT2D eigenvalue weighted by Gasteiger charge is -2.32. The molecule has 2 aromatic carbocycles. The summed E-state index contributed by atoms with van der Waals surface area (Å²) in [5, 5.41) is 6.16. The van der Waals surface area contributed by atoms with Crippen LogP contribution in [-0.2, 0) is 32.1 Å². The highest BCUT2D eigenvalue weighted by molar-refractivity contribution is 6.15. The average molecular weight is 722 g/mol. The summed E-state index contributed by atoms with van der Waals surface area (Å²) >= 11 is 0. The van der Waals surface area contributed by atoms with Crippen molar-refractivity contribution >= 4 is 34.7 Å². The molecule has 2 aliphatic rings. The molecular weight excluding hydrogens is 669 g/mol. The minimum Gasteiger partial charge on any atom is -0.444 e. The fourth-order valence-corrected chi connectivity index (χ4v) is 6.85. The minimum atomic E-state index is -0.806. The number of carbonyl (C=O) groups excluding carboxylic acids is 4. The number of rotatable bonds is 11. The van der Waals surface area contributed by atoms with Crippen LogP contribution in [0.25, 0.3) is 10.9 Å². The molecule has 5 rings (SSSR count). The van der Waals surface area contributed by atoms with Gasteiger partial charge in [-0.1, -0.05) is 32.0 Å². The average Bonchev–Trinajstić information content (AvgIpc) is 3.50. The number of aromatic nitrogens is 1.